The van der Waals surface area contributed by atoms with Crippen molar-refractivity contribution < 1.29 is 14.6 Å². The average Bonchev–Trinajstić information content (AvgIpc) is 2.47. The minimum atomic E-state index is -0.108. The Morgan fingerprint density at radius 1 is 1.16 bits per heavy atom. The first kappa shape index (κ1) is 11.7. The molecule has 0 spiro atoms. The van der Waals surface area contributed by atoms with E-state index in [4.69, 9.17) is 9.47 Å². The lowest BCUT2D eigenvalue weighted by Crippen LogP contribution is -2.08. The molecule has 1 atom stereocenters. The smallest absolute Gasteiger partial charge is 0.164 e. The zero-order valence-electron chi connectivity index (χ0n) is 10.5. The first-order chi connectivity index (χ1) is 9.28. The molecule has 0 amide bonds. The van der Waals surface area contributed by atoms with Gasteiger partial charge < -0.3 is 14.6 Å². The maximum absolute atomic E-state index is 9.74. The molecule has 3 rings (SSSR count). The number of hydrogen-bond acceptors (Lipinski definition) is 3. The first-order valence-electron chi connectivity index (χ1n) is 6.09. The number of aromatic hydroxyl groups is 1. The molecule has 2 aromatic rings. The van der Waals surface area contributed by atoms with Crippen LogP contribution < -0.4 is 9.47 Å². The monoisotopic (exact) mass is 254 g/mol. The summed E-state index contributed by atoms with van der Waals surface area (Å²) < 4.78 is 11.0. The lowest BCUT2D eigenvalue weighted by atomic mass is 10.0. The Kier molecular flexibility index (Phi) is 2.88. The summed E-state index contributed by atoms with van der Waals surface area (Å²) in [5.74, 6) is 1.25. The highest BCUT2D eigenvalue weighted by atomic mass is 16.5. The molecule has 1 aliphatic rings. The van der Waals surface area contributed by atoms with Crippen molar-refractivity contribution in [3.8, 4) is 17.2 Å². The second-order valence-corrected chi connectivity index (χ2v) is 4.37. The molecule has 0 radical (unpaired) electrons. The summed E-state index contributed by atoms with van der Waals surface area (Å²) in [6, 6.07) is 13.4. The molecule has 19 heavy (non-hydrogen) atoms. The summed E-state index contributed by atoms with van der Waals surface area (Å²) in [6.45, 7) is 0. The third-order valence-electron chi connectivity index (χ3n) is 3.14. The van der Waals surface area contributed by atoms with Crippen molar-refractivity contribution in [2.24, 2.45) is 0 Å². The summed E-state index contributed by atoms with van der Waals surface area (Å²) in [6.07, 6.45) is 3.82. The zero-order valence-corrected chi connectivity index (χ0v) is 10.5. The van der Waals surface area contributed by atoms with Gasteiger partial charge in [0.1, 0.15) is 11.9 Å². The number of ether oxygens (including phenoxy) is 2. The standard InChI is InChI=1S/C16H14O3/c1-18-16-10-15-12(9-13(16)17)7-8-14(19-15)11-5-3-2-4-6-11/h2-10,14,17H,1H3. The highest BCUT2D eigenvalue weighted by Crippen LogP contribution is 2.39. The lowest BCUT2D eigenvalue weighted by Gasteiger charge is -2.22. The van der Waals surface area contributed by atoms with Crippen molar-refractivity contribution >= 4 is 6.08 Å². The van der Waals surface area contributed by atoms with E-state index in [1.165, 1.54) is 7.11 Å². The molecule has 0 aliphatic carbocycles. The van der Waals surface area contributed by atoms with Crippen LogP contribution in [-0.4, -0.2) is 12.2 Å². The average molecular weight is 254 g/mol. The van der Waals surface area contributed by atoms with Crippen LogP contribution in [0.4, 0.5) is 0 Å². The van der Waals surface area contributed by atoms with Gasteiger partial charge >= 0.3 is 0 Å². The molecule has 3 heteroatoms. The van der Waals surface area contributed by atoms with Crippen LogP contribution in [0.15, 0.2) is 48.5 Å². The molecule has 96 valence electrons. The Bertz CT molecular complexity index is 617. The molecule has 0 saturated carbocycles. The summed E-state index contributed by atoms with van der Waals surface area (Å²) in [5.41, 5.74) is 1.95. The predicted octanol–water partition coefficient (Wildman–Crippen LogP) is 3.55. The van der Waals surface area contributed by atoms with Crippen molar-refractivity contribution in [1.82, 2.24) is 0 Å². The number of phenols is 1. The fourth-order valence-electron chi connectivity index (χ4n) is 2.15. The van der Waals surface area contributed by atoms with Gasteiger partial charge in [0, 0.05) is 11.6 Å². The third-order valence-corrected chi connectivity index (χ3v) is 3.14. The molecule has 0 aromatic heterocycles. The second kappa shape index (κ2) is 4.69. The number of phenolic OH excluding ortho intramolecular Hbond substituents is 1. The topological polar surface area (TPSA) is 38.7 Å². The first-order valence-corrected chi connectivity index (χ1v) is 6.09. The predicted molar refractivity (Wildman–Crippen MR) is 73.5 cm³/mol. The fourth-order valence-corrected chi connectivity index (χ4v) is 2.15. The SMILES string of the molecule is COc1cc2c(cc1O)C=CC(c1ccccc1)O2. The van der Waals surface area contributed by atoms with Gasteiger partial charge in [0.2, 0.25) is 0 Å². The van der Waals surface area contributed by atoms with Crippen molar-refractivity contribution in [2.45, 2.75) is 6.10 Å². The van der Waals surface area contributed by atoms with Gasteiger partial charge in [-0.1, -0.05) is 36.4 Å². The van der Waals surface area contributed by atoms with E-state index < -0.39 is 0 Å². The molecule has 1 heterocycles. The van der Waals surface area contributed by atoms with Crippen LogP contribution in [0.3, 0.4) is 0 Å². The van der Waals surface area contributed by atoms with Crippen molar-refractivity contribution in [1.29, 1.82) is 0 Å². The lowest BCUT2D eigenvalue weighted by molar-refractivity contribution is 0.249. The van der Waals surface area contributed by atoms with E-state index in [1.807, 2.05) is 42.5 Å². The van der Waals surface area contributed by atoms with E-state index in [-0.39, 0.29) is 11.9 Å². The van der Waals surface area contributed by atoms with E-state index in [1.54, 1.807) is 12.1 Å². The highest BCUT2D eigenvalue weighted by Gasteiger charge is 2.18. The van der Waals surface area contributed by atoms with Gasteiger partial charge in [-0.2, -0.15) is 0 Å². The molecule has 1 aliphatic heterocycles. The van der Waals surface area contributed by atoms with Gasteiger partial charge in [-0.05, 0) is 17.7 Å². The normalized spacial score (nSPS) is 16.6. The van der Waals surface area contributed by atoms with Gasteiger partial charge in [0.15, 0.2) is 11.5 Å². The maximum Gasteiger partial charge on any atom is 0.164 e. The molecular weight excluding hydrogens is 240 g/mol. The van der Waals surface area contributed by atoms with Crippen LogP contribution in [0.25, 0.3) is 6.08 Å². The maximum atomic E-state index is 9.74. The quantitative estimate of drug-likeness (QED) is 0.890. The molecule has 2 aromatic carbocycles. The van der Waals surface area contributed by atoms with E-state index >= 15 is 0 Å². The summed E-state index contributed by atoms with van der Waals surface area (Å²) >= 11 is 0. The number of fused-ring (bicyclic) bond motifs is 1. The van der Waals surface area contributed by atoms with Crippen molar-refractivity contribution in [3.63, 3.8) is 0 Å². The Morgan fingerprint density at radius 3 is 2.68 bits per heavy atom. The molecule has 0 bridgehead atoms. The minimum Gasteiger partial charge on any atom is -0.504 e. The highest BCUT2D eigenvalue weighted by molar-refractivity contribution is 5.65. The molecule has 1 N–H and O–H groups in total. The summed E-state index contributed by atoms with van der Waals surface area (Å²) in [7, 11) is 1.52. The van der Waals surface area contributed by atoms with E-state index in [0.717, 1.165) is 11.1 Å². The Labute approximate surface area is 111 Å². The summed E-state index contributed by atoms with van der Waals surface area (Å²) in [5, 5.41) is 9.74. The minimum absolute atomic E-state index is 0.108. The van der Waals surface area contributed by atoms with Crippen molar-refractivity contribution in [3.05, 3.63) is 59.7 Å². The van der Waals surface area contributed by atoms with E-state index in [2.05, 4.69) is 0 Å². The van der Waals surface area contributed by atoms with Gasteiger partial charge in [0.25, 0.3) is 0 Å². The Morgan fingerprint density at radius 2 is 1.95 bits per heavy atom. The van der Waals surface area contributed by atoms with Crippen LogP contribution in [0, 0.1) is 0 Å². The van der Waals surface area contributed by atoms with Gasteiger partial charge in [0.05, 0.1) is 7.11 Å². The molecular formula is C16H14O3. The van der Waals surface area contributed by atoms with Crippen LogP contribution in [0.5, 0.6) is 17.2 Å². The zero-order chi connectivity index (χ0) is 13.2. The van der Waals surface area contributed by atoms with E-state index in [0.29, 0.717) is 11.5 Å². The molecule has 0 saturated heterocycles. The number of benzene rings is 2. The van der Waals surface area contributed by atoms with Crippen molar-refractivity contribution in [2.75, 3.05) is 7.11 Å². The second-order valence-electron chi connectivity index (χ2n) is 4.37. The fraction of sp³-hybridized carbons (Fsp3) is 0.125. The van der Waals surface area contributed by atoms with Crippen LogP contribution in [0.1, 0.15) is 17.2 Å². The van der Waals surface area contributed by atoms with Gasteiger partial charge in [-0.3, -0.25) is 0 Å². The van der Waals surface area contributed by atoms with Crippen LogP contribution in [-0.2, 0) is 0 Å². The Balaban J connectivity index is 1.96. The molecule has 0 fully saturated rings. The van der Waals surface area contributed by atoms with Gasteiger partial charge in [-0.25, -0.2) is 0 Å². The number of hydrogen-bond donors (Lipinski definition) is 1. The van der Waals surface area contributed by atoms with Crippen LogP contribution in [0.2, 0.25) is 0 Å². The van der Waals surface area contributed by atoms with Gasteiger partial charge in [-0.15, -0.1) is 0 Å². The van der Waals surface area contributed by atoms with Crippen LogP contribution >= 0.6 is 0 Å². The Hall–Kier alpha value is -2.42. The number of rotatable bonds is 2. The number of methoxy groups -OCH3 is 1. The third kappa shape index (κ3) is 2.15. The largest absolute Gasteiger partial charge is 0.504 e. The van der Waals surface area contributed by atoms with E-state index in [9.17, 15) is 5.11 Å². The molecule has 1 unspecified atom stereocenters. The molecule has 3 nitrogen and oxygen atoms in total. The summed E-state index contributed by atoms with van der Waals surface area (Å²) in [4.78, 5) is 0.